The first-order valence-electron chi connectivity index (χ1n) is 9.51. The third kappa shape index (κ3) is 3.91. The molecule has 4 heterocycles. The molecule has 0 bridgehead atoms. The molecule has 0 spiro atoms. The lowest BCUT2D eigenvalue weighted by atomic mass is 10.1. The van der Waals surface area contributed by atoms with Gasteiger partial charge in [-0.3, -0.25) is 4.79 Å². The summed E-state index contributed by atoms with van der Waals surface area (Å²) >= 11 is 1.42. The molecule has 0 N–H and O–H groups in total. The second-order valence-electron chi connectivity index (χ2n) is 6.86. The average molecular weight is 398 g/mol. The number of hydrogen-bond acceptors (Lipinski definition) is 6. The van der Waals surface area contributed by atoms with E-state index in [2.05, 4.69) is 21.9 Å². The van der Waals surface area contributed by atoms with Crippen LogP contribution in [0.15, 0.2) is 36.9 Å². The van der Waals surface area contributed by atoms with Crippen LogP contribution in [0.25, 0.3) is 5.13 Å². The first-order chi connectivity index (χ1) is 13.6. The second kappa shape index (κ2) is 8.10. The standard InChI is InChI=1S/C20H23N5O2S/c1-3-15-11-21-19(22-12-15)27-16-7-6-10-25(13-16)18(26)17-14(2)23-20(28-17)24-8-4-5-9-24/h4-5,8-9,11-12,16H,3,6-7,10,13H2,1-2H3. The molecule has 7 nitrogen and oxygen atoms in total. The van der Waals surface area contributed by atoms with Gasteiger partial charge in [-0.2, -0.15) is 0 Å². The Kier molecular flexibility index (Phi) is 5.38. The van der Waals surface area contributed by atoms with Gasteiger partial charge in [0.25, 0.3) is 5.91 Å². The molecule has 1 fully saturated rings. The van der Waals surface area contributed by atoms with E-state index in [0.29, 0.717) is 17.4 Å². The van der Waals surface area contributed by atoms with Gasteiger partial charge in [0.1, 0.15) is 11.0 Å². The summed E-state index contributed by atoms with van der Waals surface area (Å²) in [6, 6.07) is 4.26. The lowest BCUT2D eigenvalue weighted by Crippen LogP contribution is -2.44. The maximum Gasteiger partial charge on any atom is 0.316 e. The SMILES string of the molecule is CCc1cnc(OC2CCCN(C(=O)c3sc(-n4cccc4)nc3C)C2)nc1. The van der Waals surface area contributed by atoms with E-state index < -0.39 is 0 Å². The Labute approximate surface area is 168 Å². The molecule has 146 valence electrons. The van der Waals surface area contributed by atoms with E-state index >= 15 is 0 Å². The summed E-state index contributed by atoms with van der Waals surface area (Å²) < 4.78 is 7.86. The molecular formula is C20H23N5O2S. The number of likely N-dealkylation sites (tertiary alicyclic amines) is 1. The maximum absolute atomic E-state index is 13.1. The van der Waals surface area contributed by atoms with Crippen LogP contribution in [0.1, 0.15) is 40.7 Å². The number of rotatable bonds is 5. The fourth-order valence-electron chi connectivity index (χ4n) is 3.25. The fraction of sp³-hybridized carbons (Fsp3) is 0.400. The van der Waals surface area contributed by atoms with Gasteiger partial charge in [-0.05, 0) is 43.9 Å². The lowest BCUT2D eigenvalue weighted by Gasteiger charge is -2.32. The Morgan fingerprint density at radius 2 is 2.04 bits per heavy atom. The smallest absolute Gasteiger partial charge is 0.316 e. The molecule has 8 heteroatoms. The molecule has 0 radical (unpaired) electrons. The van der Waals surface area contributed by atoms with Gasteiger partial charge in [0.2, 0.25) is 0 Å². The maximum atomic E-state index is 13.1. The summed E-state index contributed by atoms with van der Waals surface area (Å²) in [4.78, 5) is 28.7. The van der Waals surface area contributed by atoms with E-state index in [-0.39, 0.29) is 12.0 Å². The van der Waals surface area contributed by atoms with E-state index in [9.17, 15) is 4.79 Å². The quantitative estimate of drug-likeness (QED) is 0.661. The van der Waals surface area contributed by atoms with Crippen LogP contribution in [0.3, 0.4) is 0 Å². The highest BCUT2D eigenvalue weighted by Gasteiger charge is 2.28. The molecule has 1 aliphatic rings. The van der Waals surface area contributed by atoms with Crippen molar-refractivity contribution in [2.24, 2.45) is 0 Å². The van der Waals surface area contributed by atoms with Gasteiger partial charge in [0, 0.05) is 31.3 Å². The van der Waals surface area contributed by atoms with Crippen molar-refractivity contribution in [1.82, 2.24) is 24.4 Å². The first kappa shape index (κ1) is 18.6. The molecule has 0 aliphatic carbocycles. The summed E-state index contributed by atoms with van der Waals surface area (Å²) in [5.41, 5.74) is 1.84. The Morgan fingerprint density at radius 3 is 2.75 bits per heavy atom. The van der Waals surface area contributed by atoms with Crippen LogP contribution in [-0.4, -0.2) is 49.5 Å². The molecule has 3 aromatic heterocycles. The highest BCUT2D eigenvalue weighted by atomic mass is 32.1. The predicted octanol–water partition coefficient (Wildman–Crippen LogP) is 3.28. The minimum absolute atomic E-state index is 0.0176. The summed E-state index contributed by atoms with van der Waals surface area (Å²) in [6.07, 6.45) is 10.0. The van der Waals surface area contributed by atoms with Gasteiger partial charge in [0.15, 0.2) is 5.13 Å². The summed E-state index contributed by atoms with van der Waals surface area (Å²) in [7, 11) is 0. The number of ether oxygens (including phenoxy) is 1. The van der Waals surface area contributed by atoms with Crippen molar-refractivity contribution in [2.75, 3.05) is 13.1 Å². The lowest BCUT2D eigenvalue weighted by molar-refractivity contribution is 0.0519. The molecule has 1 atom stereocenters. The van der Waals surface area contributed by atoms with Gasteiger partial charge in [-0.15, -0.1) is 0 Å². The number of thiazole rings is 1. The van der Waals surface area contributed by atoms with Crippen LogP contribution in [0.5, 0.6) is 6.01 Å². The van der Waals surface area contributed by atoms with Crippen molar-refractivity contribution in [1.29, 1.82) is 0 Å². The Hall–Kier alpha value is -2.74. The van der Waals surface area contributed by atoms with Crippen molar-refractivity contribution in [3.05, 3.63) is 53.1 Å². The van der Waals surface area contributed by atoms with E-state index in [1.807, 2.05) is 40.9 Å². The Bertz CT molecular complexity index is 936. The highest BCUT2D eigenvalue weighted by Crippen LogP contribution is 2.25. The topological polar surface area (TPSA) is 73.1 Å². The molecule has 28 heavy (non-hydrogen) atoms. The van der Waals surface area contributed by atoms with E-state index in [1.165, 1.54) is 11.3 Å². The van der Waals surface area contributed by atoms with Gasteiger partial charge in [0.05, 0.1) is 12.2 Å². The van der Waals surface area contributed by atoms with Crippen molar-refractivity contribution >= 4 is 17.2 Å². The van der Waals surface area contributed by atoms with E-state index in [0.717, 1.165) is 42.2 Å². The zero-order valence-corrected chi connectivity index (χ0v) is 16.9. The van der Waals surface area contributed by atoms with Crippen molar-refractivity contribution in [2.45, 2.75) is 39.2 Å². The largest absolute Gasteiger partial charge is 0.458 e. The first-order valence-corrected chi connectivity index (χ1v) is 10.3. The normalized spacial score (nSPS) is 16.9. The number of hydrogen-bond donors (Lipinski definition) is 0. The number of carbonyl (C=O) groups excluding carboxylic acids is 1. The van der Waals surface area contributed by atoms with E-state index in [1.54, 1.807) is 12.4 Å². The zero-order valence-electron chi connectivity index (χ0n) is 16.0. The van der Waals surface area contributed by atoms with Gasteiger partial charge in [-0.25, -0.2) is 15.0 Å². The summed E-state index contributed by atoms with van der Waals surface area (Å²) in [5.74, 6) is 0.0176. The molecule has 0 aromatic carbocycles. The third-order valence-electron chi connectivity index (χ3n) is 4.83. The van der Waals surface area contributed by atoms with Crippen LogP contribution in [0.2, 0.25) is 0 Å². The van der Waals surface area contributed by atoms with Crippen LogP contribution >= 0.6 is 11.3 Å². The number of carbonyl (C=O) groups is 1. The van der Waals surface area contributed by atoms with Crippen LogP contribution in [0, 0.1) is 6.92 Å². The molecule has 0 saturated carbocycles. The third-order valence-corrected chi connectivity index (χ3v) is 5.99. The Morgan fingerprint density at radius 1 is 1.29 bits per heavy atom. The molecule has 1 unspecified atom stereocenters. The Balaban J connectivity index is 1.44. The van der Waals surface area contributed by atoms with Crippen LogP contribution in [0.4, 0.5) is 0 Å². The van der Waals surface area contributed by atoms with Gasteiger partial charge in [-0.1, -0.05) is 18.3 Å². The van der Waals surface area contributed by atoms with Gasteiger partial charge >= 0.3 is 6.01 Å². The summed E-state index contributed by atoms with van der Waals surface area (Å²) in [6.45, 7) is 5.21. The number of aryl methyl sites for hydroxylation is 2. The second-order valence-corrected chi connectivity index (χ2v) is 7.84. The molecule has 4 rings (SSSR count). The van der Waals surface area contributed by atoms with Crippen LogP contribution < -0.4 is 4.74 Å². The number of amides is 1. The number of piperidine rings is 1. The molecular weight excluding hydrogens is 374 g/mol. The highest BCUT2D eigenvalue weighted by molar-refractivity contribution is 7.16. The van der Waals surface area contributed by atoms with Crippen molar-refractivity contribution in [3.8, 4) is 11.1 Å². The molecule has 1 amide bonds. The number of nitrogens with zero attached hydrogens (tertiary/aromatic N) is 5. The monoisotopic (exact) mass is 397 g/mol. The minimum atomic E-state index is -0.0951. The molecule has 3 aromatic rings. The predicted molar refractivity (Wildman–Crippen MR) is 107 cm³/mol. The van der Waals surface area contributed by atoms with Crippen molar-refractivity contribution < 1.29 is 9.53 Å². The molecule has 1 saturated heterocycles. The summed E-state index contributed by atoms with van der Waals surface area (Å²) in [5, 5.41) is 0.806. The van der Waals surface area contributed by atoms with Crippen molar-refractivity contribution in [3.63, 3.8) is 0 Å². The average Bonchev–Trinajstić information content (AvgIpc) is 3.38. The van der Waals surface area contributed by atoms with Crippen LogP contribution in [-0.2, 0) is 6.42 Å². The minimum Gasteiger partial charge on any atom is -0.458 e. The number of aromatic nitrogens is 4. The van der Waals surface area contributed by atoms with E-state index in [4.69, 9.17) is 4.74 Å². The fourth-order valence-corrected chi connectivity index (χ4v) is 4.25. The zero-order chi connectivity index (χ0) is 19.5. The molecule has 1 aliphatic heterocycles. The van der Waals surface area contributed by atoms with Gasteiger partial charge < -0.3 is 14.2 Å².